The van der Waals surface area contributed by atoms with E-state index in [0.29, 0.717) is 11.0 Å². The summed E-state index contributed by atoms with van der Waals surface area (Å²) in [7, 11) is -1.71. The minimum absolute atomic E-state index is 0.240. The molecular formula is C13H16BrN3O2S2. The van der Waals surface area contributed by atoms with Gasteiger partial charge in [0.15, 0.2) is 0 Å². The van der Waals surface area contributed by atoms with E-state index < -0.39 is 10.0 Å². The molecule has 0 bridgehead atoms. The summed E-state index contributed by atoms with van der Waals surface area (Å²) in [4.78, 5) is 5.27. The van der Waals surface area contributed by atoms with Crippen molar-refractivity contribution >= 4 is 37.3 Å². The van der Waals surface area contributed by atoms with Gasteiger partial charge in [0.1, 0.15) is 0 Å². The van der Waals surface area contributed by atoms with Crippen molar-refractivity contribution < 1.29 is 8.42 Å². The fourth-order valence-corrected chi connectivity index (χ4v) is 4.74. The summed E-state index contributed by atoms with van der Waals surface area (Å²) in [6.45, 7) is 2.80. The predicted molar refractivity (Wildman–Crippen MR) is 87.8 cm³/mol. The molecule has 0 atom stereocenters. The molecule has 8 heteroatoms. The molecule has 2 rings (SSSR count). The van der Waals surface area contributed by atoms with E-state index in [0.717, 1.165) is 16.1 Å². The smallest absolute Gasteiger partial charge is 0.242 e. The Morgan fingerprint density at radius 1 is 1.33 bits per heavy atom. The number of aryl methyl sites for hydroxylation is 1. The molecule has 1 heterocycles. The molecule has 0 aliphatic rings. The number of hydrogen-bond donors (Lipinski definition) is 2. The SMILES string of the molecule is CNCc1ccc(S(=O)(=O)NCc2scnc2C)c(Br)c1. The lowest BCUT2D eigenvalue weighted by molar-refractivity contribution is 0.581. The fraction of sp³-hybridized carbons (Fsp3) is 0.308. The average molecular weight is 390 g/mol. The zero-order valence-electron chi connectivity index (χ0n) is 11.7. The lowest BCUT2D eigenvalue weighted by Crippen LogP contribution is -2.23. The van der Waals surface area contributed by atoms with Crippen molar-refractivity contribution in [1.29, 1.82) is 0 Å². The quantitative estimate of drug-likeness (QED) is 0.795. The standard InChI is InChI=1S/C13H16BrN3O2S2/c1-9-12(20-8-16-9)7-17-21(18,19)13-4-3-10(6-15-2)5-11(13)14/h3-5,8,15,17H,6-7H2,1-2H3. The van der Waals surface area contributed by atoms with Crippen LogP contribution >= 0.6 is 27.3 Å². The van der Waals surface area contributed by atoms with Crippen LogP contribution in [0.4, 0.5) is 0 Å². The molecule has 2 N–H and O–H groups in total. The second-order valence-electron chi connectivity index (χ2n) is 4.48. The number of nitrogens with one attached hydrogen (secondary N) is 2. The highest BCUT2D eigenvalue weighted by molar-refractivity contribution is 9.10. The molecule has 0 spiro atoms. The first-order valence-corrected chi connectivity index (χ1v) is 9.41. The first-order valence-electron chi connectivity index (χ1n) is 6.25. The van der Waals surface area contributed by atoms with E-state index in [4.69, 9.17) is 0 Å². The van der Waals surface area contributed by atoms with Crippen molar-refractivity contribution in [3.8, 4) is 0 Å². The largest absolute Gasteiger partial charge is 0.316 e. The van der Waals surface area contributed by atoms with E-state index in [9.17, 15) is 8.42 Å². The molecule has 1 aromatic heterocycles. The molecule has 2 aromatic rings. The zero-order chi connectivity index (χ0) is 15.5. The van der Waals surface area contributed by atoms with Crippen molar-refractivity contribution in [3.05, 3.63) is 44.3 Å². The number of halogens is 1. The fourth-order valence-electron chi connectivity index (χ4n) is 1.81. The Hall–Kier alpha value is -0.800. The molecule has 0 aliphatic carbocycles. The Kier molecular flexibility index (Phi) is 5.50. The third-order valence-corrected chi connectivity index (χ3v) is 6.25. The minimum atomic E-state index is -3.55. The van der Waals surface area contributed by atoms with Crippen LogP contribution in [0.25, 0.3) is 0 Å². The van der Waals surface area contributed by atoms with Crippen LogP contribution in [0.2, 0.25) is 0 Å². The van der Waals surface area contributed by atoms with E-state index in [1.54, 1.807) is 17.6 Å². The predicted octanol–water partition coefficient (Wildman–Crippen LogP) is 2.41. The van der Waals surface area contributed by atoms with Gasteiger partial charge in [-0.3, -0.25) is 0 Å². The maximum Gasteiger partial charge on any atom is 0.242 e. The number of thiazole rings is 1. The molecule has 0 amide bonds. The first-order chi connectivity index (χ1) is 9.94. The van der Waals surface area contributed by atoms with Gasteiger partial charge in [-0.2, -0.15) is 0 Å². The molecule has 0 unspecified atom stereocenters. The second kappa shape index (κ2) is 6.97. The van der Waals surface area contributed by atoms with Crippen LogP contribution in [0.1, 0.15) is 16.1 Å². The normalized spacial score (nSPS) is 11.8. The van der Waals surface area contributed by atoms with Crippen LogP contribution in [0.15, 0.2) is 33.1 Å². The van der Waals surface area contributed by atoms with Gasteiger partial charge in [-0.1, -0.05) is 6.07 Å². The van der Waals surface area contributed by atoms with Crippen molar-refractivity contribution in [3.63, 3.8) is 0 Å². The maximum atomic E-state index is 12.4. The maximum absolute atomic E-state index is 12.4. The molecule has 0 saturated heterocycles. The molecule has 0 radical (unpaired) electrons. The number of nitrogens with zero attached hydrogens (tertiary/aromatic N) is 1. The minimum Gasteiger partial charge on any atom is -0.316 e. The number of aromatic nitrogens is 1. The van der Waals surface area contributed by atoms with E-state index in [2.05, 4.69) is 31.0 Å². The van der Waals surface area contributed by atoms with Crippen molar-refractivity contribution in [2.45, 2.75) is 24.9 Å². The summed E-state index contributed by atoms with van der Waals surface area (Å²) >= 11 is 4.77. The van der Waals surface area contributed by atoms with Crippen molar-refractivity contribution in [2.75, 3.05) is 7.05 Å². The third-order valence-electron chi connectivity index (χ3n) is 2.93. The Morgan fingerprint density at radius 3 is 2.67 bits per heavy atom. The number of benzene rings is 1. The van der Waals surface area contributed by atoms with Gasteiger partial charge in [-0.15, -0.1) is 11.3 Å². The highest BCUT2D eigenvalue weighted by atomic mass is 79.9. The summed E-state index contributed by atoms with van der Waals surface area (Å²) in [5.74, 6) is 0. The summed E-state index contributed by atoms with van der Waals surface area (Å²) in [5.41, 5.74) is 3.58. The van der Waals surface area contributed by atoms with Gasteiger partial charge in [-0.05, 0) is 47.6 Å². The van der Waals surface area contributed by atoms with E-state index in [1.807, 2.05) is 20.0 Å². The molecule has 114 valence electrons. The van der Waals surface area contributed by atoms with Crippen LogP contribution in [0.3, 0.4) is 0 Å². The molecule has 21 heavy (non-hydrogen) atoms. The number of hydrogen-bond acceptors (Lipinski definition) is 5. The molecule has 0 saturated carbocycles. The van der Waals surface area contributed by atoms with Crippen LogP contribution < -0.4 is 10.0 Å². The Morgan fingerprint density at radius 2 is 2.10 bits per heavy atom. The summed E-state index contributed by atoms with van der Waals surface area (Å²) < 4.78 is 27.9. The van der Waals surface area contributed by atoms with Gasteiger partial charge >= 0.3 is 0 Å². The van der Waals surface area contributed by atoms with Gasteiger partial charge < -0.3 is 5.32 Å². The van der Waals surface area contributed by atoms with Crippen molar-refractivity contribution in [1.82, 2.24) is 15.0 Å². The van der Waals surface area contributed by atoms with Gasteiger partial charge in [0.05, 0.1) is 16.1 Å². The van der Waals surface area contributed by atoms with Crippen LogP contribution in [-0.4, -0.2) is 20.4 Å². The zero-order valence-corrected chi connectivity index (χ0v) is 14.9. The lowest BCUT2D eigenvalue weighted by Gasteiger charge is -2.09. The average Bonchev–Trinajstić information content (AvgIpc) is 2.82. The van der Waals surface area contributed by atoms with Gasteiger partial charge in [0.2, 0.25) is 10.0 Å². The molecular weight excluding hydrogens is 374 g/mol. The van der Waals surface area contributed by atoms with Gasteiger partial charge in [-0.25, -0.2) is 18.1 Å². The number of rotatable bonds is 6. The first kappa shape index (κ1) is 16.6. The topological polar surface area (TPSA) is 71.1 Å². The number of sulfonamides is 1. The summed E-state index contributed by atoms with van der Waals surface area (Å²) in [5, 5.41) is 3.03. The monoisotopic (exact) mass is 389 g/mol. The Bertz CT molecular complexity index is 729. The third kappa shape index (κ3) is 4.10. The van der Waals surface area contributed by atoms with E-state index in [1.165, 1.54) is 11.3 Å². The Balaban J connectivity index is 2.17. The summed E-state index contributed by atoms with van der Waals surface area (Å²) in [6, 6.07) is 5.22. The van der Waals surface area contributed by atoms with Crippen LogP contribution in [0.5, 0.6) is 0 Å². The van der Waals surface area contributed by atoms with E-state index >= 15 is 0 Å². The van der Waals surface area contributed by atoms with Crippen molar-refractivity contribution in [2.24, 2.45) is 0 Å². The highest BCUT2D eigenvalue weighted by Gasteiger charge is 2.18. The Labute approximate surface area is 137 Å². The lowest BCUT2D eigenvalue weighted by atomic mass is 10.2. The molecule has 5 nitrogen and oxygen atoms in total. The van der Waals surface area contributed by atoms with Gasteiger partial charge in [0, 0.05) is 22.4 Å². The van der Waals surface area contributed by atoms with E-state index in [-0.39, 0.29) is 11.4 Å². The van der Waals surface area contributed by atoms with Crippen LogP contribution in [-0.2, 0) is 23.1 Å². The second-order valence-corrected chi connectivity index (χ2v) is 8.01. The molecule has 1 aromatic carbocycles. The summed E-state index contributed by atoms with van der Waals surface area (Å²) in [6.07, 6.45) is 0. The van der Waals surface area contributed by atoms with Gasteiger partial charge in [0.25, 0.3) is 0 Å². The molecule has 0 aliphatic heterocycles. The highest BCUT2D eigenvalue weighted by Crippen LogP contribution is 2.24. The molecule has 0 fully saturated rings. The van der Waals surface area contributed by atoms with Crippen LogP contribution in [0, 0.1) is 6.92 Å².